The molecular weight excluding hydrogens is 525 g/mol. The minimum absolute atomic E-state index is 0.0106. The molecule has 11 heteroatoms. The Balaban J connectivity index is 1.63. The van der Waals surface area contributed by atoms with E-state index in [0.717, 1.165) is 35.2 Å². The maximum atomic E-state index is 13.3. The quantitative estimate of drug-likeness (QED) is 0.515. The number of benzene rings is 1. The average molecular weight is 569 g/mol. The second-order valence-electron chi connectivity index (χ2n) is 10.3. The van der Waals surface area contributed by atoms with E-state index in [1.807, 2.05) is 0 Å². The molecule has 40 heavy (non-hydrogen) atoms. The Morgan fingerprint density at radius 3 is 2.52 bits per heavy atom. The molecule has 2 unspecified atom stereocenters. The summed E-state index contributed by atoms with van der Waals surface area (Å²) in [4.78, 5) is 44.3. The lowest BCUT2D eigenvalue weighted by atomic mass is 9.62. The maximum absolute atomic E-state index is 13.3. The first-order valence-electron chi connectivity index (χ1n) is 17.5. The van der Waals surface area contributed by atoms with Crippen LogP contribution in [0.1, 0.15) is 92.3 Å². The largest absolute Gasteiger partial charge is 0.416 e. The zero-order chi connectivity index (χ0) is 37.5. The van der Waals surface area contributed by atoms with Crippen LogP contribution in [0.25, 0.3) is 0 Å². The fraction of sp³-hybridized carbons (Fsp3) is 0.517. The van der Waals surface area contributed by atoms with E-state index in [1.54, 1.807) is 0 Å². The normalized spacial score (nSPS) is 30.2. The summed E-state index contributed by atoms with van der Waals surface area (Å²) in [6, 6.07) is 5.00. The summed E-state index contributed by atoms with van der Waals surface area (Å²) < 4.78 is 124. The number of aliphatic hydroxyl groups is 1. The topological polar surface area (TPSA) is 103 Å². The van der Waals surface area contributed by atoms with Crippen molar-refractivity contribution in [3.63, 3.8) is 0 Å². The van der Waals surface area contributed by atoms with E-state index in [2.05, 4.69) is 10.3 Å². The molecule has 1 aromatic heterocycles. The van der Waals surface area contributed by atoms with Crippen molar-refractivity contribution in [2.75, 3.05) is 13.1 Å². The monoisotopic (exact) mass is 568 g/mol. The summed E-state index contributed by atoms with van der Waals surface area (Å²) in [6.07, 6.45) is -13.0. The molecule has 0 saturated carbocycles. The molecule has 8 nitrogen and oxygen atoms in total. The summed E-state index contributed by atoms with van der Waals surface area (Å²) in [5, 5.41) is 14.8. The molecule has 2 aromatic rings. The molecule has 0 aliphatic carbocycles. The number of amides is 3. The molecule has 0 radical (unpaired) electrons. The number of halogens is 3. The Bertz CT molecular complexity index is 1680. The van der Waals surface area contributed by atoms with Gasteiger partial charge in [-0.1, -0.05) is 25.8 Å². The van der Waals surface area contributed by atoms with Gasteiger partial charge < -0.3 is 10.0 Å². The average Bonchev–Trinajstić information content (AvgIpc) is 3.31. The van der Waals surface area contributed by atoms with Gasteiger partial charge in [-0.05, 0) is 55.4 Å². The number of carbonyl (C=O) groups excluding carboxylic acids is 3. The molecule has 3 aliphatic rings. The second kappa shape index (κ2) is 10.3. The number of likely N-dealkylation sites (tertiary alicyclic amines) is 1. The van der Waals surface area contributed by atoms with Crippen LogP contribution in [0.2, 0.25) is 0 Å². The van der Waals surface area contributed by atoms with Crippen LogP contribution in [0, 0.1) is 5.41 Å². The van der Waals surface area contributed by atoms with Crippen LogP contribution in [-0.2, 0) is 34.5 Å². The third kappa shape index (κ3) is 4.79. The molecule has 0 spiro atoms. The van der Waals surface area contributed by atoms with Crippen LogP contribution in [0.3, 0.4) is 0 Å². The van der Waals surface area contributed by atoms with Crippen molar-refractivity contribution >= 4 is 17.7 Å². The third-order valence-electron chi connectivity index (χ3n) is 7.87. The number of hydrogen-bond donors (Lipinski definition) is 2. The predicted molar refractivity (Wildman–Crippen MR) is 139 cm³/mol. The highest BCUT2D eigenvalue weighted by atomic mass is 19.4. The van der Waals surface area contributed by atoms with Crippen molar-refractivity contribution in [1.29, 1.82) is 0 Å². The summed E-state index contributed by atoms with van der Waals surface area (Å²) in [5.74, 6) is -1.91. The van der Waals surface area contributed by atoms with Gasteiger partial charge in [-0.2, -0.15) is 13.2 Å². The highest BCUT2D eigenvalue weighted by Gasteiger charge is 2.54. The van der Waals surface area contributed by atoms with Gasteiger partial charge in [0.05, 0.1) is 29.1 Å². The Labute approximate surface area is 244 Å². The highest BCUT2D eigenvalue weighted by molar-refractivity contribution is 6.05. The summed E-state index contributed by atoms with van der Waals surface area (Å²) in [6.45, 7) is -9.39. The van der Waals surface area contributed by atoms with Crippen molar-refractivity contribution in [2.45, 2.75) is 76.6 Å². The maximum Gasteiger partial charge on any atom is 0.416 e. The molecule has 2 saturated heterocycles. The minimum atomic E-state index is -4.65. The van der Waals surface area contributed by atoms with Crippen molar-refractivity contribution in [2.24, 2.45) is 5.41 Å². The van der Waals surface area contributed by atoms with Crippen molar-refractivity contribution < 1.29 is 46.4 Å². The van der Waals surface area contributed by atoms with Crippen LogP contribution in [0.4, 0.5) is 13.2 Å². The van der Waals surface area contributed by atoms with Crippen LogP contribution >= 0.6 is 0 Å². The van der Waals surface area contributed by atoms with E-state index in [4.69, 9.17) is 13.7 Å². The zero-order valence-corrected chi connectivity index (χ0v) is 21.1. The molecule has 1 aromatic carbocycles. The van der Waals surface area contributed by atoms with Gasteiger partial charge in [0.2, 0.25) is 11.8 Å². The Kier molecular flexibility index (Phi) is 4.67. The lowest BCUT2D eigenvalue weighted by molar-refractivity contribution is -0.151. The number of carbonyl (C=O) groups is 3. The number of pyridine rings is 1. The summed E-state index contributed by atoms with van der Waals surface area (Å²) in [7, 11) is 0. The first-order chi connectivity index (χ1) is 22.8. The van der Waals surface area contributed by atoms with Crippen LogP contribution in [0.15, 0.2) is 36.4 Å². The van der Waals surface area contributed by atoms with E-state index in [-0.39, 0.29) is 49.3 Å². The molecular formula is C29H33F3N4O4. The molecule has 2 N–H and O–H groups in total. The molecule has 3 aliphatic heterocycles. The standard InChI is InChI=1S/C29H33F3N4O4/c1-3-27(4-2)17-35(15-18-5-7-19(8-6-18)29(30,31)32)14-13-28(27,40)23-11-9-20-21(33-23)16-36(26(20)39)22-10-12-24(37)34-25(22)38/h5-9,11,22,40H,3-4,10,12-17H2,1-2H3,(H,34,37,38)/i1D3,2D3,3D2,4D2. The molecule has 0 bridgehead atoms. The van der Waals surface area contributed by atoms with Gasteiger partial charge in [-0.3, -0.25) is 29.6 Å². The number of nitrogens with zero attached hydrogens (tertiary/aromatic N) is 3. The lowest BCUT2D eigenvalue weighted by Crippen LogP contribution is -2.57. The zero-order valence-electron chi connectivity index (χ0n) is 31.1. The van der Waals surface area contributed by atoms with Gasteiger partial charge >= 0.3 is 6.18 Å². The molecule has 3 amide bonds. The van der Waals surface area contributed by atoms with Crippen molar-refractivity contribution in [3.05, 3.63) is 64.5 Å². The van der Waals surface area contributed by atoms with Crippen LogP contribution < -0.4 is 5.32 Å². The number of rotatable bonds is 6. The van der Waals surface area contributed by atoms with E-state index < -0.39 is 91.6 Å². The van der Waals surface area contributed by atoms with E-state index in [1.165, 1.54) is 11.0 Å². The van der Waals surface area contributed by atoms with Crippen molar-refractivity contribution in [3.8, 4) is 0 Å². The minimum Gasteiger partial charge on any atom is -0.383 e. The van der Waals surface area contributed by atoms with E-state index in [9.17, 15) is 32.7 Å². The van der Waals surface area contributed by atoms with Gasteiger partial charge in [-0.15, -0.1) is 0 Å². The summed E-state index contributed by atoms with van der Waals surface area (Å²) in [5.41, 5.74) is -7.67. The molecule has 2 fully saturated rings. The predicted octanol–water partition coefficient (Wildman–Crippen LogP) is 3.76. The fourth-order valence-electron chi connectivity index (χ4n) is 5.60. The van der Waals surface area contributed by atoms with Crippen LogP contribution in [0.5, 0.6) is 0 Å². The number of hydrogen-bond acceptors (Lipinski definition) is 6. The number of piperidine rings is 2. The summed E-state index contributed by atoms with van der Waals surface area (Å²) >= 11 is 0. The van der Waals surface area contributed by atoms with Gasteiger partial charge in [0.25, 0.3) is 5.91 Å². The fourth-order valence-corrected chi connectivity index (χ4v) is 5.60. The Hall–Kier alpha value is -3.31. The molecule has 4 heterocycles. The third-order valence-corrected chi connectivity index (χ3v) is 7.87. The Morgan fingerprint density at radius 1 is 1.15 bits per heavy atom. The second-order valence-corrected chi connectivity index (χ2v) is 10.3. The van der Waals surface area contributed by atoms with Gasteiger partial charge in [0.15, 0.2) is 0 Å². The smallest absolute Gasteiger partial charge is 0.383 e. The van der Waals surface area contributed by atoms with Gasteiger partial charge in [-0.25, -0.2) is 0 Å². The number of imide groups is 1. The van der Waals surface area contributed by atoms with E-state index in [0.29, 0.717) is 0 Å². The first-order valence-corrected chi connectivity index (χ1v) is 12.5. The number of nitrogens with one attached hydrogen (secondary N) is 1. The van der Waals surface area contributed by atoms with Gasteiger partial charge in [0, 0.05) is 45.2 Å². The van der Waals surface area contributed by atoms with Crippen molar-refractivity contribution in [1.82, 2.24) is 20.1 Å². The number of alkyl halides is 3. The van der Waals surface area contributed by atoms with E-state index >= 15 is 0 Å². The first kappa shape index (κ1) is 18.2. The lowest BCUT2D eigenvalue weighted by Gasteiger charge is -2.53. The molecule has 214 valence electrons. The molecule has 5 rings (SSSR count). The SMILES string of the molecule is [2H]C([2H])([2H])C([2H])([2H])C1(C([2H])([2H])C([2H])([2H])[2H])CN(Cc2ccc(C(F)(F)F)cc2)CCC1(O)c1ccc2c(n1)CN(C1CCC(=O)NC1=O)C2=O. The van der Waals surface area contributed by atoms with Crippen LogP contribution in [-0.4, -0.2) is 56.7 Å². The number of aromatic nitrogens is 1. The molecule has 2 atom stereocenters. The highest BCUT2D eigenvalue weighted by Crippen LogP contribution is 2.51. The van der Waals surface area contributed by atoms with Gasteiger partial charge in [0.1, 0.15) is 11.6 Å². The Morgan fingerprint density at radius 2 is 1.88 bits per heavy atom. The number of fused-ring (bicyclic) bond motifs is 1.